The molecule has 0 aromatic heterocycles. The molecule has 0 fully saturated rings. The van der Waals surface area contributed by atoms with Gasteiger partial charge in [0, 0.05) is 24.3 Å². The molecule has 0 spiro atoms. The Hall–Kier alpha value is -3.04. The van der Waals surface area contributed by atoms with Crippen LogP contribution in [0.25, 0.3) is 6.08 Å². The van der Waals surface area contributed by atoms with Crippen molar-refractivity contribution in [3.8, 4) is 12.1 Å². The fraction of sp³-hybridized carbons (Fsp3) is 0.158. The molecule has 3 rings (SSSR count). The first-order valence-electron chi connectivity index (χ1n) is 7.27. The van der Waals surface area contributed by atoms with Crippen molar-refractivity contribution in [2.75, 3.05) is 11.4 Å². The number of rotatable bonds is 2. The summed E-state index contributed by atoms with van der Waals surface area (Å²) in [7, 11) is 0. The minimum Gasteiger partial charge on any atom is -0.341 e. The summed E-state index contributed by atoms with van der Waals surface area (Å²) < 4.78 is 0. The van der Waals surface area contributed by atoms with Crippen molar-refractivity contribution >= 4 is 17.5 Å². The number of hydrogen-bond donors (Lipinski definition) is 0. The predicted molar refractivity (Wildman–Crippen MR) is 87.6 cm³/mol. The van der Waals surface area contributed by atoms with Crippen LogP contribution >= 0.6 is 0 Å². The maximum absolute atomic E-state index is 8.89. The number of benzene rings is 2. The summed E-state index contributed by atoms with van der Waals surface area (Å²) in [4.78, 5) is 2.30. The summed E-state index contributed by atoms with van der Waals surface area (Å²) >= 11 is 0. The number of allylic oxidation sites excluding steroid dienone is 1. The summed E-state index contributed by atoms with van der Waals surface area (Å²) in [5.74, 6) is 0. The average molecular weight is 285 g/mol. The van der Waals surface area contributed by atoms with E-state index in [1.165, 1.54) is 22.5 Å². The molecule has 0 atom stereocenters. The van der Waals surface area contributed by atoms with E-state index < -0.39 is 0 Å². The molecule has 3 heteroatoms. The lowest BCUT2D eigenvalue weighted by atomic mass is 9.94. The molecule has 106 valence electrons. The van der Waals surface area contributed by atoms with Gasteiger partial charge in [-0.3, -0.25) is 0 Å². The second kappa shape index (κ2) is 5.76. The van der Waals surface area contributed by atoms with Crippen LogP contribution in [0.3, 0.4) is 0 Å². The van der Waals surface area contributed by atoms with Crippen LogP contribution in [0.1, 0.15) is 23.6 Å². The van der Waals surface area contributed by atoms with Crippen molar-refractivity contribution < 1.29 is 0 Å². The maximum atomic E-state index is 8.89. The quantitative estimate of drug-likeness (QED) is 0.778. The smallest absolute Gasteiger partial charge is 0.130 e. The van der Waals surface area contributed by atoms with Gasteiger partial charge in [0.25, 0.3) is 0 Å². The molecular weight excluding hydrogens is 270 g/mol. The minimum atomic E-state index is 0.128. The lowest BCUT2D eigenvalue weighted by Gasteiger charge is -2.32. The van der Waals surface area contributed by atoms with Crippen molar-refractivity contribution in [2.45, 2.75) is 13.3 Å². The molecule has 0 saturated carbocycles. The Morgan fingerprint density at radius 3 is 2.55 bits per heavy atom. The van der Waals surface area contributed by atoms with Gasteiger partial charge < -0.3 is 4.90 Å². The van der Waals surface area contributed by atoms with Gasteiger partial charge in [-0.2, -0.15) is 10.5 Å². The largest absolute Gasteiger partial charge is 0.341 e. The van der Waals surface area contributed by atoms with Crippen LogP contribution in [0.15, 0.2) is 48.0 Å². The van der Waals surface area contributed by atoms with E-state index in [4.69, 9.17) is 10.5 Å². The molecule has 0 saturated heterocycles. The first-order chi connectivity index (χ1) is 10.8. The molecule has 0 aliphatic carbocycles. The zero-order chi connectivity index (χ0) is 15.5. The minimum absolute atomic E-state index is 0.128. The van der Waals surface area contributed by atoms with Crippen molar-refractivity contribution in [2.24, 2.45) is 0 Å². The monoisotopic (exact) mass is 285 g/mol. The summed E-state index contributed by atoms with van der Waals surface area (Å²) in [5, 5.41) is 17.8. The average Bonchev–Trinajstić information content (AvgIpc) is 2.57. The number of hydrogen-bond acceptors (Lipinski definition) is 3. The van der Waals surface area contributed by atoms with Gasteiger partial charge in [-0.25, -0.2) is 0 Å². The van der Waals surface area contributed by atoms with Gasteiger partial charge in [0.2, 0.25) is 0 Å². The molecular formula is C19H15N3. The van der Waals surface area contributed by atoms with Gasteiger partial charge in [0.05, 0.1) is 0 Å². The fourth-order valence-electron chi connectivity index (χ4n) is 2.96. The summed E-state index contributed by atoms with van der Waals surface area (Å²) in [6.07, 6.45) is 2.51. The number of nitrogens with zero attached hydrogens (tertiary/aromatic N) is 3. The normalized spacial score (nSPS) is 11.7. The van der Waals surface area contributed by atoms with E-state index in [1.807, 2.05) is 18.2 Å². The van der Waals surface area contributed by atoms with E-state index in [-0.39, 0.29) is 5.57 Å². The lowest BCUT2D eigenvalue weighted by Crippen LogP contribution is -2.22. The molecule has 1 aliphatic rings. The first-order valence-corrected chi connectivity index (χ1v) is 7.27. The van der Waals surface area contributed by atoms with E-state index in [2.05, 4.69) is 48.2 Å². The Labute approximate surface area is 130 Å². The molecule has 1 aliphatic heterocycles. The Morgan fingerprint density at radius 1 is 1.09 bits per heavy atom. The van der Waals surface area contributed by atoms with E-state index in [9.17, 15) is 0 Å². The zero-order valence-electron chi connectivity index (χ0n) is 12.4. The SMILES string of the molecule is CCN1c2ccccc2Cc2cc(C=C(C#N)C#N)ccc21. The molecule has 1 heterocycles. The van der Waals surface area contributed by atoms with Crippen LogP contribution in [0.5, 0.6) is 0 Å². The third-order valence-electron chi connectivity index (χ3n) is 3.93. The Bertz CT molecular complexity index is 818. The highest BCUT2D eigenvalue weighted by Gasteiger charge is 2.20. The Balaban J connectivity index is 2.07. The van der Waals surface area contributed by atoms with Crippen LogP contribution < -0.4 is 4.90 Å². The summed E-state index contributed by atoms with van der Waals surface area (Å²) in [6, 6.07) is 18.4. The number of fused-ring (bicyclic) bond motifs is 2. The van der Waals surface area contributed by atoms with Gasteiger partial charge in [-0.1, -0.05) is 24.3 Å². The maximum Gasteiger partial charge on any atom is 0.130 e. The van der Waals surface area contributed by atoms with Crippen molar-refractivity contribution in [3.63, 3.8) is 0 Å². The second-order valence-corrected chi connectivity index (χ2v) is 5.22. The Kier molecular flexibility index (Phi) is 3.64. The van der Waals surface area contributed by atoms with Crippen molar-refractivity contribution in [1.82, 2.24) is 0 Å². The molecule has 0 amide bonds. The molecule has 3 nitrogen and oxygen atoms in total. The second-order valence-electron chi connectivity index (χ2n) is 5.22. The third-order valence-corrected chi connectivity index (χ3v) is 3.93. The van der Waals surface area contributed by atoms with Gasteiger partial charge in [-0.05, 0) is 47.9 Å². The topological polar surface area (TPSA) is 50.8 Å². The van der Waals surface area contributed by atoms with Crippen molar-refractivity contribution in [1.29, 1.82) is 10.5 Å². The van der Waals surface area contributed by atoms with Crippen molar-refractivity contribution in [3.05, 3.63) is 64.7 Å². The fourth-order valence-corrected chi connectivity index (χ4v) is 2.96. The molecule has 0 bridgehead atoms. The van der Waals surface area contributed by atoms with Crippen LogP contribution in [-0.4, -0.2) is 6.54 Å². The number of nitriles is 2. The van der Waals surface area contributed by atoms with Crippen LogP contribution in [0, 0.1) is 22.7 Å². The lowest BCUT2D eigenvalue weighted by molar-refractivity contribution is 0.960. The van der Waals surface area contributed by atoms with Crippen LogP contribution in [0.4, 0.5) is 11.4 Å². The third kappa shape index (κ3) is 2.34. The molecule has 2 aromatic carbocycles. The molecule has 0 radical (unpaired) electrons. The standard InChI is InChI=1S/C19H15N3/c1-2-22-18-6-4-3-5-16(18)11-17-10-14(7-8-19(17)22)9-15(12-20)13-21/h3-10H,2,11H2,1H3. The highest BCUT2D eigenvalue weighted by atomic mass is 15.1. The van der Waals surface area contributed by atoms with Gasteiger partial charge in [0.15, 0.2) is 0 Å². The highest BCUT2D eigenvalue weighted by Crippen LogP contribution is 2.38. The highest BCUT2D eigenvalue weighted by molar-refractivity contribution is 5.76. The summed E-state index contributed by atoms with van der Waals surface area (Å²) in [6.45, 7) is 3.05. The van der Waals surface area contributed by atoms with E-state index >= 15 is 0 Å². The number of anilines is 2. The molecule has 2 aromatic rings. The van der Waals surface area contributed by atoms with Gasteiger partial charge in [0.1, 0.15) is 17.7 Å². The molecule has 0 unspecified atom stereocenters. The summed E-state index contributed by atoms with van der Waals surface area (Å²) in [5.41, 5.74) is 6.02. The van der Waals surface area contributed by atoms with Gasteiger partial charge >= 0.3 is 0 Å². The predicted octanol–water partition coefficient (Wildman–Crippen LogP) is 4.18. The number of para-hydroxylation sites is 1. The van der Waals surface area contributed by atoms with E-state index in [1.54, 1.807) is 6.08 Å². The van der Waals surface area contributed by atoms with Crippen LogP contribution in [-0.2, 0) is 6.42 Å². The zero-order valence-corrected chi connectivity index (χ0v) is 12.4. The van der Waals surface area contributed by atoms with E-state index in [0.29, 0.717) is 0 Å². The first kappa shape index (κ1) is 13.9. The van der Waals surface area contributed by atoms with Gasteiger partial charge in [-0.15, -0.1) is 0 Å². The van der Waals surface area contributed by atoms with E-state index in [0.717, 1.165) is 18.5 Å². The molecule has 22 heavy (non-hydrogen) atoms. The molecule has 0 N–H and O–H groups in total. The van der Waals surface area contributed by atoms with Crippen LogP contribution in [0.2, 0.25) is 0 Å². The Morgan fingerprint density at radius 2 is 1.82 bits per heavy atom.